The first-order valence-electron chi connectivity index (χ1n) is 11.5. The lowest BCUT2D eigenvalue weighted by Crippen LogP contribution is -2.15. The third-order valence-corrected chi connectivity index (χ3v) is 5.94. The second kappa shape index (κ2) is 9.39. The predicted molar refractivity (Wildman–Crippen MR) is 135 cm³/mol. The molecule has 0 fully saturated rings. The van der Waals surface area contributed by atoms with E-state index < -0.39 is 0 Å². The van der Waals surface area contributed by atoms with Gasteiger partial charge in [-0.3, -0.25) is 19.9 Å². The number of para-hydroxylation sites is 1. The maximum atomic E-state index is 13.1. The first-order valence-corrected chi connectivity index (χ1v) is 11.5. The highest BCUT2D eigenvalue weighted by atomic mass is 16.2. The Morgan fingerprint density at radius 2 is 1.97 bits per heavy atom. The Morgan fingerprint density at radius 1 is 1.09 bits per heavy atom. The van der Waals surface area contributed by atoms with Crippen LogP contribution in [0.3, 0.4) is 0 Å². The first-order chi connectivity index (χ1) is 16.6. The summed E-state index contributed by atoms with van der Waals surface area (Å²) in [6.07, 6.45) is 7.47. The summed E-state index contributed by atoms with van der Waals surface area (Å²) in [7, 11) is 0. The Morgan fingerprint density at radius 3 is 2.79 bits per heavy atom. The van der Waals surface area contributed by atoms with Crippen molar-refractivity contribution in [2.24, 2.45) is 4.99 Å². The summed E-state index contributed by atoms with van der Waals surface area (Å²) in [6.45, 7) is 2.14. The van der Waals surface area contributed by atoms with E-state index in [0.717, 1.165) is 41.4 Å². The second-order valence-corrected chi connectivity index (χ2v) is 8.40. The number of H-pyrrole nitrogens is 1. The maximum Gasteiger partial charge on any atom is 0.276 e. The summed E-state index contributed by atoms with van der Waals surface area (Å²) in [4.78, 5) is 42.5. The molecule has 34 heavy (non-hydrogen) atoms. The molecular formula is C27H25N5O2. The smallest absolute Gasteiger partial charge is 0.276 e. The number of pyridine rings is 1. The summed E-state index contributed by atoms with van der Waals surface area (Å²) >= 11 is 0. The second-order valence-electron chi connectivity index (χ2n) is 8.40. The van der Waals surface area contributed by atoms with Gasteiger partial charge in [0.1, 0.15) is 11.2 Å². The molecule has 0 aliphatic carbocycles. The van der Waals surface area contributed by atoms with Crippen LogP contribution in [0.15, 0.2) is 65.8 Å². The molecule has 0 atom stereocenters. The highest BCUT2D eigenvalue weighted by molar-refractivity contribution is 6.15. The summed E-state index contributed by atoms with van der Waals surface area (Å²) < 4.78 is 0. The van der Waals surface area contributed by atoms with Crippen molar-refractivity contribution >= 4 is 45.2 Å². The predicted octanol–water partition coefficient (Wildman–Crippen LogP) is 5.64. The van der Waals surface area contributed by atoms with Gasteiger partial charge in [0.2, 0.25) is 5.95 Å². The van der Waals surface area contributed by atoms with E-state index in [4.69, 9.17) is 0 Å². The van der Waals surface area contributed by atoms with Crippen LogP contribution in [-0.2, 0) is 6.42 Å². The number of unbranched alkanes of at least 4 members (excludes halogenated alkanes) is 1. The Balaban J connectivity index is 1.41. The number of aryl methyl sites for hydroxylation is 1. The molecule has 2 aromatic carbocycles. The third kappa shape index (κ3) is 4.37. The zero-order valence-electron chi connectivity index (χ0n) is 19.0. The third-order valence-electron chi connectivity index (χ3n) is 5.94. The number of hydrogen-bond acceptors (Lipinski definition) is 5. The van der Waals surface area contributed by atoms with E-state index in [0.29, 0.717) is 28.7 Å². The molecule has 0 saturated heterocycles. The van der Waals surface area contributed by atoms with Crippen LogP contribution in [0.4, 0.5) is 5.95 Å². The average molecular weight is 452 g/mol. The summed E-state index contributed by atoms with van der Waals surface area (Å²) in [6, 6.07) is 15.2. The molecule has 2 aromatic heterocycles. The molecule has 4 aromatic rings. The molecule has 1 amide bonds. The number of rotatable bonds is 8. The van der Waals surface area contributed by atoms with Crippen LogP contribution >= 0.6 is 0 Å². The Labute approximate surface area is 197 Å². The summed E-state index contributed by atoms with van der Waals surface area (Å²) in [5, 5.41) is 4.87. The van der Waals surface area contributed by atoms with Crippen LogP contribution in [0.1, 0.15) is 59.1 Å². The van der Waals surface area contributed by atoms with Crippen LogP contribution in [0.25, 0.3) is 21.8 Å². The van der Waals surface area contributed by atoms with E-state index >= 15 is 0 Å². The molecule has 7 heteroatoms. The largest absolute Gasteiger partial charge is 0.324 e. The van der Waals surface area contributed by atoms with Crippen LogP contribution in [0.5, 0.6) is 0 Å². The van der Waals surface area contributed by atoms with Gasteiger partial charge in [-0.25, -0.2) is 9.97 Å². The fourth-order valence-electron chi connectivity index (χ4n) is 4.21. The van der Waals surface area contributed by atoms with E-state index in [2.05, 4.69) is 32.2 Å². The van der Waals surface area contributed by atoms with Crippen molar-refractivity contribution in [3.63, 3.8) is 0 Å². The Bertz CT molecular complexity index is 1460. The number of amides is 1. The van der Waals surface area contributed by atoms with Gasteiger partial charge in [0.25, 0.3) is 5.91 Å². The van der Waals surface area contributed by atoms with Crippen molar-refractivity contribution in [3.8, 4) is 0 Å². The highest BCUT2D eigenvalue weighted by Crippen LogP contribution is 2.23. The van der Waals surface area contributed by atoms with Gasteiger partial charge >= 0.3 is 0 Å². The van der Waals surface area contributed by atoms with Crippen LogP contribution in [0.2, 0.25) is 0 Å². The molecule has 0 saturated carbocycles. The number of nitrogens with zero attached hydrogens (tertiary/aromatic N) is 3. The molecule has 5 rings (SSSR count). The molecule has 1 aliphatic rings. The van der Waals surface area contributed by atoms with Gasteiger partial charge < -0.3 is 4.98 Å². The number of allylic oxidation sites excluding steroid dienone is 1. The molecule has 2 N–H and O–H groups in total. The lowest BCUT2D eigenvalue weighted by atomic mass is 10.0. The topological polar surface area (TPSA) is 100 Å². The SMILES string of the molecule is CCCCc1nc(C(=O)Nc2nc3c(C(=O)CC4=NC=CC4)cccc3[nH]2)cc2ccccc12. The van der Waals surface area contributed by atoms with E-state index in [-0.39, 0.29) is 24.1 Å². The number of aliphatic imine (C=N–C) groups is 1. The number of aromatic amines is 1. The van der Waals surface area contributed by atoms with Gasteiger partial charge in [-0.2, -0.15) is 0 Å². The van der Waals surface area contributed by atoms with E-state index in [1.54, 1.807) is 24.4 Å². The molecular weight excluding hydrogens is 426 g/mol. The number of benzene rings is 2. The van der Waals surface area contributed by atoms with Crippen molar-refractivity contribution in [2.45, 2.75) is 39.0 Å². The fourth-order valence-corrected chi connectivity index (χ4v) is 4.21. The lowest BCUT2D eigenvalue weighted by Gasteiger charge is -2.09. The summed E-state index contributed by atoms with van der Waals surface area (Å²) in [5.41, 5.74) is 3.83. The number of carbonyl (C=O) groups is 2. The Hall–Kier alpha value is -4.13. The Kier molecular flexibility index (Phi) is 5.99. The molecule has 0 unspecified atom stereocenters. The monoisotopic (exact) mass is 451 g/mol. The summed E-state index contributed by atoms with van der Waals surface area (Å²) in [5.74, 6) is -0.110. The number of hydrogen-bond donors (Lipinski definition) is 2. The number of imidazole rings is 1. The van der Waals surface area contributed by atoms with Gasteiger partial charge in [-0.05, 0) is 36.4 Å². The molecule has 170 valence electrons. The number of carbonyl (C=O) groups excluding carboxylic acids is 2. The molecule has 3 heterocycles. The first kappa shape index (κ1) is 21.7. The zero-order chi connectivity index (χ0) is 23.5. The number of fused-ring (bicyclic) bond motifs is 2. The molecule has 0 bridgehead atoms. The van der Waals surface area contributed by atoms with E-state index in [1.807, 2.05) is 36.4 Å². The van der Waals surface area contributed by atoms with Gasteiger partial charge in [-0.15, -0.1) is 0 Å². The molecule has 0 radical (unpaired) electrons. The minimum absolute atomic E-state index is 0.0470. The number of nitrogens with one attached hydrogen (secondary N) is 2. The van der Waals surface area contributed by atoms with Crippen molar-refractivity contribution in [1.29, 1.82) is 0 Å². The van der Waals surface area contributed by atoms with E-state index in [9.17, 15) is 9.59 Å². The zero-order valence-corrected chi connectivity index (χ0v) is 19.0. The van der Waals surface area contributed by atoms with Gasteiger partial charge in [0.05, 0.1) is 5.52 Å². The fraction of sp³-hybridized carbons (Fsp3) is 0.222. The minimum Gasteiger partial charge on any atom is -0.324 e. The van der Waals surface area contributed by atoms with Crippen molar-refractivity contribution in [2.75, 3.05) is 5.32 Å². The van der Waals surface area contributed by atoms with Crippen molar-refractivity contribution < 1.29 is 9.59 Å². The number of anilines is 1. The lowest BCUT2D eigenvalue weighted by molar-refractivity contribution is 0.0998. The number of ketones is 1. The van der Waals surface area contributed by atoms with Gasteiger partial charge in [0.15, 0.2) is 5.78 Å². The molecule has 7 nitrogen and oxygen atoms in total. The maximum absolute atomic E-state index is 13.1. The number of aromatic nitrogens is 3. The quantitative estimate of drug-likeness (QED) is 0.339. The van der Waals surface area contributed by atoms with Crippen LogP contribution in [-0.4, -0.2) is 32.4 Å². The van der Waals surface area contributed by atoms with Gasteiger partial charge in [0, 0.05) is 41.4 Å². The van der Waals surface area contributed by atoms with Crippen LogP contribution in [0, 0.1) is 0 Å². The molecule has 1 aliphatic heterocycles. The van der Waals surface area contributed by atoms with Crippen molar-refractivity contribution in [3.05, 3.63) is 77.8 Å². The highest BCUT2D eigenvalue weighted by Gasteiger charge is 2.18. The van der Waals surface area contributed by atoms with Gasteiger partial charge in [-0.1, -0.05) is 49.8 Å². The molecule has 0 spiro atoms. The minimum atomic E-state index is -0.346. The van der Waals surface area contributed by atoms with E-state index in [1.165, 1.54) is 0 Å². The van der Waals surface area contributed by atoms with Crippen molar-refractivity contribution in [1.82, 2.24) is 15.0 Å². The normalized spacial score (nSPS) is 12.9. The number of Topliss-reactive ketones (excluding diaryl/α,β-unsaturated/α-hetero) is 1. The van der Waals surface area contributed by atoms with Crippen LogP contribution < -0.4 is 5.32 Å². The average Bonchev–Trinajstić information content (AvgIpc) is 3.51. The standard InChI is InChI=1S/C27H25N5O2/c1-2-3-12-21-19-10-5-4-8-17(19)15-23(29-21)26(34)32-27-30-22-13-6-11-20(25(22)31-27)24(33)16-18-9-7-14-28-18/h4-8,10-11,13-15H,2-3,9,12,16H2,1H3,(H2,30,31,32,34).